The zero-order chi connectivity index (χ0) is 17.8. The van der Waals surface area contributed by atoms with Crippen molar-refractivity contribution in [3.63, 3.8) is 0 Å². The highest BCUT2D eigenvalue weighted by Gasteiger charge is 2.18. The fourth-order valence-corrected chi connectivity index (χ4v) is 4.05. The quantitative estimate of drug-likeness (QED) is 0.565. The first-order chi connectivity index (χ1) is 12.0. The molecule has 0 bridgehead atoms. The predicted molar refractivity (Wildman–Crippen MR) is 104 cm³/mol. The van der Waals surface area contributed by atoms with E-state index in [0.29, 0.717) is 27.3 Å². The molecule has 0 saturated heterocycles. The van der Waals surface area contributed by atoms with Gasteiger partial charge in [-0.25, -0.2) is 4.98 Å². The van der Waals surface area contributed by atoms with Crippen molar-refractivity contribution < 1.29 is 4.79 Å². The van der Waals surface area contributed by atoms with Gasteiger partial charge < -0.3 is 5.32 Å². The Balaban J connectivity index is 1.58. The molecule has 2 N–H and O–H groups in total. The third kappa shape index (κ3) is 5.22. The van der Waals surface area contributed by atoms with Crippen LogP contribution in [0.25, 0.3) is 0 Å². The fraction of sp³-hybridized carbons (Fsp3) is 0.188. The van der Waals surface area contributed by atoms with E-state index in [-0.39, 0.29) is 11.2 Å². The van der Waals surface area contributed by atoms with Gasteiger partial charge >= 0.3 is 0 Å². The second-order valence-corrected chi connectivity index (χ2v) is 8.44. The van der Waals surface area contributed by atoms with Crippen LogP contribution < -0.4 is 5.32 Å². The van der Waals surface area contributed by atoms with Gasteiger partial charge in [-0.3, -0.25) is 9.89 Å². The van der Waals surface area contributed by atoms with E-state index in [9.17, 15) is 4.79 Å². The fourth-order valence-electron chi connectivity index (χ4n) is 2.07. The summed E-state index contributed by atoms with van der Waals surface area (Å²) in [6, 6.07) is 8.95. The minimum atomic E-state index is -0.372. The number of aromatic amines is 1. The van der Waals surface area contributed by atoms with Gasteiger partial charge in [-0.15, -0.1) is 16.4 Å². The lowest BCUT2D eigenvalue weighted by molar-refractivity contribution is -0.115. The Morgan fingerprint density at radius 1 is 1.36 bits per heavy atom. The third-order valence-electron chi connectivity index (χ3n) is 3.21. The predicted octanol–water partition coefficient (Wildman–Crippen LogP) is 4.88. The molecule has 0 spiro atoms. The van der Waals surface area contributed by atoms with Gasteiger partial charge in [0.15, 0.2) is 0 Å². The highest BCUT2D eigenvalue weighted by molar-refractivity contribution is 8.00. The molecule has 2 aromatic heterocycles. The van der Waals surface area contributed by atoms with Crippen LogP contribution in [-0.4, -0.2) is 26.3 Å². The molecule has 0 aliphatic rings. The second-order valence-electron chi connectivity index (χ2n) is 5.23. The smallest absolute Gasteiger partial charge is 0.237 e. The molecule has 130 valence electrons. The molecule has 3 aromatic rings. The summed E-state index contributed by atoms with van der Waals surface area (Å²) in [5.74, 6) is 0.604. The Morgan fingerprint density at radius 3 is 2.80 bits per heavy atom. The Kier molecular flexibility index (Phi) is 6.01. The molecule has 9 heteroatoms. The number of halogens is 2. The van der Waals surface area contributed by atoms with Crippen molar-refractivity contribution in [3.8, 4) is 0 Å². The monoisotopic (exact) mass is 412 g/mol. The van der Waals surface area contributed by atoms with Crippen LogP contribution >= 0.6 is 46.3 Å². The maximum Gasteiger partial charge on any atom is 0.237 e. The number of nitrogens with zero attached hydrogens (tertiary/aromatic N) is 2. The maximum atomic E-state index is 12.3. The molecule has 0 aliphatic heterocycles. The number of nitrogens with one attached hydrogen (secondary N) is 2. The van der Waals surface area contributed by atoms with Gasteiger partial charge in [0.05, 0.1) is 5.25 Å². The molecule has 0 saturated carbocycles. The van der Waals surface area contributed by atoms with Crippen molar-refractivity contribution in [2.24, 2.45) is 0 Å². The highest BCUT2D eigenvalue weighted by Crippen LogP contribution is 2.25. The number of amides is 1. The van der Waals surface area contributed by atoms with Crippen LogP contribution in [0.1, 0.15) is 17.6 Å². The van der Waals surface area contributed by atoms with Gasteiger partial charge in [0.1, 0.15) is 5.82 Å². The molecule has 1 atom stereocenters. The number of benzene rings is 1. The summed E-state index contributed by atoms with van der Waals surface area (Å²) in [5.41, 5.74) is 0.559. The van der Waals surface area contributed by atoms with Gasteiger partial charge in [-0.2, -0.15) is 0 Å². The summed E-state index contributed by atoms with van der Waals surface area (Å²) in [6.07, 6.45) is 0.701. The second kappa shape index (κ2) is 8.23. The van der Waals surface area contributed by atoms with Gasteiger partial charge in [0, 0.05) is 27.0 Å². The standard InChI is InChI=1S/C16H14Cl2N4OS2/c1-9(15(23)19-12-6-10(17)5-11(18)7-12)25-16-20-14(21-22-16)8-13-3-2-4-24-13/h2-7,9H,8H2,1H3,(H,19,23)(H,20,21,22). The molecule has 25 heavy (non-hydrogen) atoms. The number of thiophene rings is 1. The molecular formula is C16H14Cl2N4OS2. The van der Waals surface area contributed by atoms with Crippen LogP contribution in [0.5, 0.6) is 0 Å². The van der Waals surface area contributed by atoms with Gasteiger partial charge in [-0.1, -0.05) is 41.0 Å². The van der Waals surface area contributed by atoms with E-state index in [1.54, 1.807) is 36.5 Å². The first-order valence-corrected chi connectivity index (χ1v) is 9.88. The van der Waals surface area contributed by atoms with Crippen molar-refractivity contribution >= 4 is 57.9 Å². The molecular weight excluding hydrogens is 399 g/mol. The van der Waals surface area contributed by atoms with Crippen molar-refractivity contribution in [2.45, 2.75) is 23.8 Å². The third-order valence-corrected chi connectivity index (χ3v) is 5.49. The number of hydrogen-bond donors (Lipinski definition) is 2. The number of anilines is 1. The van der Waals surface area contributed by atoms with E-state index in [1.165, 1.54) is 16.6 Å². The molecule has 0 aliphatic carbocycles. The minimum absolute atomic E-state index is 0.173. The van der Waals surface area contributed by atoms with Crippen LogP contribution in [0, 0.1) is 0 Å². The van der Waals surface area contributed by atoms with Crippen molar-refractivity contribution in [1.29, 1.82) is 0 Å². The number of aromatic nitrogens is 3. The van der Waals surface area contributed by atoms with Crippen LogP contribution in [-0.2, 0) is 11.2 Å². The summed E-state index contributed by atoms with van der Waals surface area (Å²) in [7, 11) is 0. The SMILES string of the molecule is CC(Sc1n[nH]c(Cc2cccs2)n1)C(=O)Nc1cc(Cl)cc(Cl)c1. The Morgan fingerprint density at radius 2 is 2.12 bits per heavy atom. The summed E-state index contributed by atoms with van der Waals surface area (Å²) in [6.45, 7) is 1.79. The summed E-state index contributed by atoms with van der Waals surface area (Å²) < 4.78 is 0. The molecule has 1 aromatic carbocycles. The van der Waals surface area contributed by atoms with E-state index in [0.717, 1.165) is 5.82 Å². The zero-order valence-corrected chi connectivity index (χ0v) is 16.3. The molecule has 3 rings (SSSR count). The Bertz CT molecular complexity index is 847. The molecule has 1 amide bonds. The van der Waals surface area contributed by atoms with Crippen molar-refractivity contribution in [2.75, 3.05) is 5.32 Å². The van der Waals surface area contributed by atoms with E-state index in [4.69, 9.17) is 23.2 Å². The number of rotatable bonds is 6. The average Bonchev–Trinajstić information content (AvgIpc) is 3.19. The average molecular weight is 413 g/mol. The highest BCUT2D eigenvalue weighted by atomic mass is 35.5. The van der Waals surface area contributed by atoms with Gasteiger partial charge in [0.25, 0.3) is 0 Å². The lowest BCUT2D eigenvalue weighted by Gasteiger charge is -2.10. The topological polar surface area (TPSA) is 70.7 Å². The van der Waals surface area contributed by atoms with Crippen molar-refractivity contribution in [3.05, 3.63) is 56.5 Å². The minimum Gasteiger partial charge on any atom is -0.325 e. The maximum absolute atomic E-state index is 12.3. The summed E-state index contributed by atoms with van der Waals surface area (Å²) in [4.78, 5) is 17.9. The van der Waals surface area contributed by atoms with E-state index in [1.807, 2.05) is 17.5 Å². The van der Waals surface area contributed by atoms with Crippen molar-refractivity contribution in [1.82, 2.24) is 15.2 Å². The lowest BCUT2D eigenvalue weighted by atomic mass is 10.3. The summed E-state index contributed by atoms with van der Waals surface area (Å²) >= 11 is 14.8. The number of carbonyl (C=O) groups excluding carboxylic acids is 1. The van der Waals surface area contributed by atoms with E-state index >= 15 is 0 Å². The van der Waals surface area contributed by atoms with Crippen LogP contribution in [0.3, 0.4) is 0 Å². The van der Waals surface area contributed by atoms with Gasteiger partial charge in [-0.05, 0) is 36.6 Å². The number of thioether (sulfide) groups is 1. The number of hydrogen-bond acceptors (Lipinski definition) is 5. The number of carbonyl (C=O) groups is 1. The first kappa shape index (κ1) is 18.3. The molecule has 5 nitrogen and oxygen atoms in total. The van der Waals surface area contributed by atoms with E-state index < -0.39 is 0 Å². The zero-order valence-electron chi connectivity index (χ0n) is 13.1. The van der Waals surface area contributed by atoms with Crippen LogP contribution in [0.15, 0.2) is 40.9 Å². The van der Waals surface area contributed by atoms with E-state index in [2.05, 4.69) is 20.5 Å². The lowest BCUT2D eigenvalue weighted by Crippen LogP contribution is -2.22. The van der Waals surface area contributed by atoms with Crippen LogP contribution in [0.4, 0.5) is 5.69 Å². The van der Waals surface area contributed by atoms with Gasteiger partial charge in [0.2, 0.25) is 11.1 Å². The largest absolute Gasteiger partial charge is 0.325 e. The summed E-state index contributed by atoms with van der Waals surface area (Å²) in [5, 5.41) is 13.0. The Hall–Kier alpha value is -1.54. The Labute approximate surface area is 163 Å². The molecule has 0 fully saturated rings. The molecule has 1 unspecified atom stereocenters. The first-order valence-electron chi connectivity index (χ1n) is 7.37. The molecule has 2 heterocycles. The van der Waals surface area contributed by atoms with Crippen LogP contribution in [0.2, 0.25) is 10.0 Å². The molecule has 0 radical (unpaired) electrons. The normalized spacial score (nSPS) is 12.1. The number of H-pyrrole nitrogens is 1.